The van der Waals surface area contributed by atoms with Crippen molar-refractivity contribution in [1.29, 1.82) is 0 Å². The quantitative estimate of drug-likeness (QED) is 0.641. The van der Waals surface area contributed by atoms with E-state index in [4.69, 9.17) is 0 Å². The molecular weight excluding hydrogens is 340 g/mol. The van der Waals surface area contributed by atoms with Crippen LogP contribution in [0.2, 0.25) is 0 Å². The number of Topliss-reactive ketones (excluding diaryl/α,β-unsaturated/α-hetero) is 1. The third-order valence-electron chi connectivity index (χ3n) is 3.00. The summed E-state index contributed by atoms with van der Waals surface area (Å²) in [6, 6.07) is 6.74. The van der Waals surface area contributed by atoms with E-state index in [1.807, 2.05) is 29.7 Å². The molecule has 0 bridgehead atoms. The molecule has 0 saturated heterocycles. The van der Waals surface area contributed by atoms with Crippen LogP contribution in [0.25, 0.3) is 0 Å². The van der Waals surface area contributed by atoms with Gasteiger partial charge in [-0.25, -0.2) is 15.1 Å². The third-order valence-corrected chi connectivity index (χ3v) is 3.53. The summed E-state index contributed by atoms with van der Waals surface area (Å²) in [5.41, 5.74) is 3.82. The third kappa shape index (κ3) is 3.46. The molecule has 7 nitrogen and oxygen atoms in total. The number of hydrogen-bond acceptors (Lipinski definition) is 5. The molecule has 0 aromatic heterocycles. The maximum atomic E-state index is 11.9. The summed E-state index contributed by atoms with van der Waals surface area (Å²) in [6.45, 7) is 3.15. The predicted molar refractivity (Wildman–Crippen MR) is 81.0 cm³/mol. The molecule has 1 heterocycles. The second kappa shape index (κ2) is 6.04. The first-order chi connectivity index (χ1) is 9.88. The lowest BCUT2D eigenvalue weighted by molar-refractivity contribution is -0.525. The van der Waals surface area contributed by atoms with Crippen molar-refractivity contribution in [2.45, 2.75) is 19.9 Å². The van der Waals surface area contributed by atoms with E-state index in [-0.39, 0.29) is 11.7 Å². The van der Waals surface area contributed by atoms with Crippen molar-refractivity contribution < 1.29 is 9.83 Å². The highest BCUT2D eigenvalue weighted by Gasteiger charge is 2.28. The average molecular weight is 353 g/mol. The Kier molecular flexibility index (Phi) is 4.37. The lowest BCUT2D eigenvalue weighted by atomic mass is 9.94. The molecule has 0 fully saturated rings. The van der Waals surface area contributed by atoms with Crippen molar-refractivity contribution >= 4 is 27.7 Å². The van der Waals surface area contributed by atoms with Gasteiger partial charge in [0.15, 0.2) is 10.8 Å². The van der Waals surface area contributed by atoms with E-state index in [0.717, 1.165) is 10.0 Å². The van der Waals surface area contributed by atoms with Crippen LogP contribution >= 0.6 is 15.9 Å². The number of aliphatic imine (C=N–C) groups is 1. The number of benzene rings is 1. The van der Waals surface area contributed by atoms with E-state index in [1.165, 1.54) is 6.92 Å². The molecule has 0 spiro atoms. The predicted octanol–water partition coefficient (Wildman–Crippen LogP) is 2.09. The number of rotatable bonds is 3. The first kappa shape index (κ1) is 15.2. The summed E-state index contributed by atoms with van der Waals surface area (Å²) < 4.78 is 0.901. The zero-order valence-electron chi connectivity index (χ0n) is 11.4. The van der Waals surface area contributed by atoms with Crippen LogP contribution < -0.4 is 10.7 Å². The van der Waals surface area contributed by atoms with Gasteiger partial charge in [-0.2, -0.15) is 0 Å². The molecule has 1 atom stereocenters. The maximum absolute atomic E-state index is 11.9. The molecule has 0 aliphatic carbocycles. The van der Waals surface area contributed by atoms with Gasteiger partial charge >= 0.3 is 0 Å². The Bertz CT molecular complexity index is 652. The average Bonchev–Trinajstić information content (AvgIpc) is 2.37. The van der Waals surface area contributed by atoms with Crippen molar-refractivity contribution in [1.82, 2.24) is 10.7 Å². The van der Waals surface area contributed by atoms with Gasteiger partial charge in [0, 0.05) is 15.7 Å². The molecule has 0 saturated carbocycles. The minimum Gasteiger partial charge on any atom is -0.325 e. The van der Waals surface area contributed by atoms with E-state index < -0.39 is 11.1 Å². The smallest absolute Gasteiger partial charge is 0.259 e. The normalized spacial score (nSPS) is 17.9. The topological polar surface area (TPSA) is 96.6 Å². The zero-order valence-corrected chi connectivity index (χ0v) is 13.0. The second-order valence-electron chi connectivity index (χ2n) is 4.52. The molecule has 21 heavy (non-hydrogen) atoms. The van der Waals surface area contributed by atoms with E-state index in [2.05, 4.69) is 26.2 Å². The number of carbonyl (C=O) groups is 1. The molecule has 1 aromatic rings. The first-order valence-corrected chi connectivity index (χ1v) is 6.91. The Morgan fingerprint density at radius 1 is 1.43 bits per heavy atom. The minimum atomic E-state index is -0.698. The molecule has 1 aliphatic heterocycles. The summed E-state index contributed by atoms with van der Waals surface area (Å²) in [4.78, 5) is 26.7. The van der Waals surface area contributed by atoms with Gasteiger partial charge in [-0.15, -0.1) is 0 Å². The second-order valence-corrected chi connectivity index (χ2v) is 5.44. The largest absolute Gasteiger partial charge is 0.325 e. The maximum Gasteiger partial charge on any atom is 0.259 e. The Balaban J connectivity index is 2.46. The van der Waals surface area contributed by atoms with E-state index in [1.54, 1.807) is 6.92 Å². The fourth-order valence-corrected chi connectivity index (χ4v) is 2.43. The van der Waals surface area contributed by atoms with Crippen LogP contribution in [-0.2, 0) is 4.79 Å². The molecule has 1 aliphatic rings. The summed E-state index contributed by atoms with van der Waals surface area (Å²) in [5, 5.41) is 12.6. The molecule has 0 unspecified atom stereocenters. The Morgan fingerprint density at radius 2 is 2.05 bits per heavy atom. The number of nitrogens with one attached hydrogen (secondary N) is 2. The van der Waals surface area contributed by atoms with Gasteiger partial charge in [0.2, 0.25) is 0 Å². The molecule has 2 N–H and O–H groups in total. The molecule has 110 valence electrons. The Hall–Kier alpha value is -2.22. The Labute approximate surface area is 129 Å². The van der Waals surface area contributed by atoms with Crippen molar-refractivity contribution in [3.63, 3.8) is 0 Å². The summed E-state index contributed by atoms with van der Waals surface area (Å²) in [7, 11) is 0. The van der Waals surface area contributed by atoms with Gasteiger partial charge in [0.05, 0.1) is 0 Å². The first-order valence-electron chi connectivity index (χ1n) is 6.11. The van der Waals surface area contributed by atoms with Crippen molar-refractivity contribution in [2.75, 3.05) is 0 Å². The number of hydrazine groups is 1. The van der Waals surface area contributed by atoms with Gasteiger partial charge in [-0.05, 0) is 31.5 Å². The van der Waals surface area contributed by atoms with E-state index in [0.29, 0.717) is 11.3 Å². The zero-order chi connectivity index (χ0) is 15.6. The molecule has 0 radical (unpaired) electrons. The van der Waals surface area contributed by atoms with Crippen LogP contribution in [0, 0.1) is 10.1 Å². The van der Waals surface area contributed by atoms with Crippen LogP contribution in [0.1, 0.15) is 25.5 Å². The number of allylic oxidation sites excluding steroid dienone is 1. The summed E-state index contributed by atoms with van der Waals surface area (Å²) in [6.07, 6.45) is 0. The van der Waals surface area contributed by atoms with Crippen LogP contribution in [0.15, 0.2) is 45.0 Å². The minimum absolute atomic E-state index is 0.00965. The van der Waals surface area contributed by atoms with Gasteiger partial charge in [0.1, 0.15) is 6.04 Å². The highest BCUT2D eigenvalue weighted by molar-refractivity contribution is 9.10. The number of hydrogen-bond donors (Lipinski definition) is 2. The van der Waals surface area contributed by atoms with Crippen LogP contribution in [-0.4, -0.2) is 16.8 Å². The number of halogens is 1. The van der Waals surface area contributed by atoms with Gasteiger partial charge in [0.25, 0.3) is 5.96 Å². The van der Waals surface area contributed by atoms with Crippen molar-refractivity contribution in [3.05, 3.63) is 55.7 Å². The SMILES string of the molecule is CC(=O)C1=C(C)NC(N[N+](=O)[O-])=N[C@H]1c1ccc(Br)cc1. The standard InChI is InChI=1S/C13H13BrN4O3/c1-7-11(8(2)19)12(9-3-5-10(14)6-4-9)16-13(15-7)17-18(20)21/h3-6,12H,1-2H3,(H2,15,16,17)/t12-/m0/s1. The lowest BCUT2D eigenvalue weighted by Gasteiger charge is -2.24. The van der Waals surface area contributed by atoms with Crippen molar-refractivity contribution in [2.24, 2.45) is 4.99 Å². The number of nitrogens with zero attached hydrogens (tertiary/aromatic N) is 2. The van der Waals surface area contributed by atoms with Gasteiger partial charge in [-0.1, -0.05) is 33.5 Å². The fraction of sp³-hybridized carbons (Fsp3) is 0.231. The molecule has 8 heteroatoms. The molecule has 0 amide bonds. The van der Waals surface area contributed by atoms with E-state index in [9.17, 15) is 14.9 Å². The van der Waals surface area contributed by atoms with Crippen LogP contribution in [0.4, 0.5) is 0 Å². The van der Waals surface area contributed by atoms with Crippen molar-refractivity contribution in [3.8, 4) is 0 Å². The number of ketones is 1. The van der Waals surface area contributed by atoms with Crippen LogP contribution in [0.5, 0.6) is 0 Å². The number of carbonyl (C=O) groups excluding carboxylic acids is 1. The highest BCUT2D eigenvalue weighted by Crippen LogP contribution is 2.31. The summed E-state index contributed by atoms with van der Waals surface area (Å²) >= 11 is 3.34. The molecule has 2 rings (SSSR count). The molecule has 1 aromatic carbocycles. The Morgan fingerprint density at radius 3 is 2.57 bits per heavy atom. The number of nitro groups is 1. The van der Waals surface area contributed by atoms with Crippen LogP contribution in [0.3, 0.4) is 0 Å². The monoisotopic (exact) mass is 352 g/mol. The summed E-state index contributed by atoms with van der Waals surface area (Å²) in [5.74, 6) is -0.118. The van der Waals surface area contributed by atoms with Gasteiger partial charge in [-0.3, -0.25) is 4.79 Å². The fourth-order valence-electron chi connectivity index (χ4n) is 2.16. The lowest BCUT2D eigenvalue weighted by Crippen LogP contribution is -2.43. The molecular formula is C13H13BrN4O3. The number of guanidine groups is 1. The van der Waals surface area contributed by atoms with Gasteiger partial charge < -0.3 is 5.32 Å². The highest BCUT2D eigenvalue weighted by atomic mass is 79.9. The van der Waals surface area contributed by atoms with E-state index >= 15 is 0 Å².